The molecule has 2 fully saturated rings. The molecule has 1 aliphatic heterocycles. The highest BCUT2D eigenvalue weighted by Gasteiger charge is 2.43. The van der Waals surface area contributed by atoms with Crippen LogP contribution in [0, 0.1) is 5.92 Å². The Morgan fingerprint density at radius 1 is 1.43 bits per heavy atom. The molecule has 2 rings (SSSR count). The van der Waals surface area contributed by atoms with E-state index in [1.54, 1.807) is 0 Å². The van der Waals surface area contributed by atoms with E-state index in [4.69, 9.17) is 0 Å². The highest BCUT2D eigenvalue weighted by atomic mass is 16.2. The van der Waals surface area contributed by atoms with Gasteiger partial charge in [0, 0.05) is 12.6 Å². The van der Waals surface area contributed by atoms with Crippen molar-refractivity contribution in [3.05, 3.63) is 0 Å². The molecule has 2 atom stereocenters. The molecule has 1 N–H and O–H groups in total. The lowest BCUT2D eigenvalue weighted by Gasteiger charge is -2.34. The lowest BCUT2D eigenvalue weighted by Crippen LogP contribution is -2.54. The standard InChI is InChI=1S/C11H20N2O/c1-11(2,12-3)10(14)13-7-8-4-5-9(13)6-8/h8-9,12H,4-7H2,1-3H3. The first-order valence-electron chi connectivity index (χ1n) is 5.54. The Morgan fingerprint density at radius 3 is 2.57 bits per heavy atom. The molecule has 1 amide bonds. The van der Waals surface area contributed by atoms with Gasteiger partial charge in [-0.1, -0.05) is 0 Å². The lowest BCUT2D eigenvalue weighted by molar-refractivity contribution is -0.138. The zero-order valence-corrected chi connectivity index (χ0v) is 9.34. The summed E-state index contributed by atoms with van der Waals surface area (Å²) >= 11 is 0. The molecular formula is C11H20N2O. The van der Waals surface area contributed by atoms with Gasteiger partial charge in [-0.25, -0.2) is 0 Å². The van der Waals surface area contributed by atoms with Crippen molar-refractivity contribution in [3.63, 3.8) is 0 Å². The number of carbonyl (C=O) groups is 1. The molecule has 0 aromatic rings. The minimum absolute atomic E-state index is 0.271. The second kappa shape index (κ2) is 3.23. The summed E-state index contributed by atoms with van der Waals surface area (Å²) in [5.74, 6) is 1.06. The molecule has 1 saturated heterocycles. The maximum atomic E-state index is 12.2. The first-order valence-corrected chi connectivity index (χ1v) is 5.54. The second-order valence-corrected chi connectivity index (χ2v) is 5.17. The first-order chi connectivity index (χ1) is 6.54. The fourth-order valence-electron chi connectivity index (χ4n) is 2.64. The SMILES string of the molecule is CNC(C)(C)C(=O)N1CC2CCC1C2. The van der Waals surface area contributed by atoms with E-state index in [0.29, 0.717) is 6.04 Å². The molecule has 3 nitrogen and oxygen atoms in total. The quantitative estimate of drug-likeness (QED) is 0.714. The predicted octanol–water partition coefficient (Wildman–Crippen LogP) is 0.995. The number of hydrogen-bond donors (Lipinski definition) is 1. The molecule has 80 valence electrons. The van der Waals surface area contributed by atoms with Crippen LogP contribution in [-0.2, 0) is 4.79 Å². The number of hydrogen-bond acceptors (Lipinski definition) is 2. The number of amides is 1. The van der Waals surface area contributed by atoms with Crippen LogP contribution in [0.4, 0.5) is 0 Å². The predicted molar refractivity (Wildman–Crippen MR) is 56.0 cm³/mol. The van der Waals surface area contributed by atoms with E-state index in [2.05, 4.69) is 10.2 Å². The van der Waals surface area contributed by atoms with Gasteiger partial charge in [-0.05, 0) is 46.1 Å². The van der Waals surface area contributed by atoms with Crippen LogP contribution < -0.4 is 5.32 Å². The van der Waals surface area contributed by atoms with Gasteiger partial charge < -0.3 is 10.2 Å². The van der Waals surface area contributed by atoms with Gasteiger partial charge >= 0.3 is 0 Å². The number of nitrogens with one attached hydrogen (secondary N) is 1. The van der Waals surface area contributed by atoms with Crippen LogP contribution >= 0.6 is 0 Å². The van der Waals surface area contributed by atoms with E-state index in [0.717, 1.165) is 12.5 Å². The van der Waals surface area contributed by atoms with Gasteiger partial charge in [-0.15, -0.1) is 0 Å². The summed E-state index contributed by atoms with van der Waals surface area (Å²) in [5, 5.41) is 3.09. The Balaban J connectivity index is 2.06. The van der Waals surface area contributed by atoms with Gasteiger partial charge in [0.1, 0.15) is 0 Å². The zero-order chi connectivity index (χ0) is 10.3. The van der Waals surface area contributed by atoms with Gasteiger partial charge in [-0.3, -0.25) is 4.79 Å². The van der Waals surface area contributed by atoms with Crippen LogP contribution in [0.15, 0.2) is 0 Å². The molecule has 0 spiro atoms. The van der Waals surface area contributed by atoms with Gasteiger partial charge in [-0.2, -0.15) is 0 Å². The Hall–Kier alpha value is -0.570. The first kappa shape index (κ1) is 9.97. The van der Waals surface area contributed by atoms with E-state index < -0.39 is 5.54 Å². The van der Waals surface area contributed by atoms with Gasteiger partial charge in [0.15, 0.2) is 0 Å². The summed E-state index contributed by atoms with van der Waals surface area (Å²) in [6.45, 7) is 4.91. The molecule has 0 radical (unpaired) electrons. The van der Waals surface area contributed by atoms with Crippen molar-refractivity contribution in [1.82, 2.24) is 10.2 Å². The average Bonchev–Trinajstić information content (AvgIpc) is 2.77. The molecule has 2 aliphatic rings. The number of nitrogens with zero attached hydrogens (tertiary/aromatic N) is 1. The Kier molecular flexibility index (Phi) is 2.30. The van der Waals surface area contributed by atoms with Crippen molar-refractivity contribution in [2.45, 2.75) is 44.7 Å². The van der Waals surface area contributed by atoms with Gasteiger partial charge in [0.25, 0.3) is 0 Å². The van der Waals surface area contributed by atoms with E-state index in [-0.39, 0.29) is 5.91 Å². The minimum Gasteiger partial charge on any atom is -0.338 e. The molecular weight excluding hydrogens is 176 g/mol. The summed E-state index contributed by atoms with van der Waals surface area (Å²) in [4.78, 5) is 14.2. The van der Waals surface area contributed by atoms with Crippen molar-refractivity contribution in [2.24, 2.45) is 5.92 Å². The smallest absolute Gasteiger partial charge is 0.242 e. The monoisotopic (exact) mass is 196 g/mol. The third-order valence-electron chi connectivity index (χ3n) is 3.83. The maximum Gasteiger partial charge on any atom is 0.242 e. The fraction of sp³-hybridized carbons (Fsp3) is 0.909. The highest BCUT2D eigenvalue weighted by molar-refractivity contribution is 5.86. The zero-order valence-electron chi connectivity index (χ0n) is 9.34. The summed E-state index contributed by atoms with van der Waals surface area (Å²) in [6, 6.07) is 0.542. The summed E-state index contributed by atoms with van der Waals surface area (Å²) in [5.41, 5.74) is -0.398. The van der Waals surface area contributed by atoms with Crippen molar-refractivity contribution in [1.29, 1.82) is 0 Å². The van der Waals surface area contributed by atoms with Gasteiger partial charge in [0.05, 0.1) is 5.54 Å². The van der Waals surface area contributed by atoms with Crippen LogP contribution in [0.25, 0.3) is 0 Å². The molecule has 1 heterocycles. The van der Waals surface area contributed by atoms with E-state index in [9.17, 15) is 4.79 Å². The van der Waals surface area contributed by atoms with Gasteiger partial charge in [0.2, 0.25) is 5.91 Å². The van der Waals surface area contributed by atoms with E-state index in [1.807, 2.05) is 20.9 Å². The Morgan fingerprint density at radius 2 is 2.14 bits per heavy atom. The number of fused-ring (bicyclic) bond motifs is 2. The summed E-state index contributed by atoms with van der Waals surface area (Å²) < 4.78 is 0. The molecule has 1 aliphatic carbocycles. The third-order valence-corrected chi connectivity index (χ3v) is 3.83. The van der Waals surface area contributed by atoms with Crippen molar-refractivity contribution >= 4 is 5.91 Å². The summed E-state index contributed by atoms with van der Waals surface area (Å²) in [7, 11) is 1.85. The Bertz CT molecular complexity index is 250. The highest BCUT2D eigenvalue weighted by Crippen LogP contribution is 2.38. The second-order valence-electron chi connectivity index (χ2n) is 5.17. The molecule has 3 heteroatoms. The minimum atomic E-state index is -0.398. The summed E-state index contributed by atoms with van der Waals surface area (Å²) in [6.07, 6.45) is 3.79. The molecule has 1 saturated carbocycles. The van der Waals surface area contributed by atoms with E-state index >= 15 is 0 Å². The number of carbonyl (C=O) groups excluding carboxylic acids is 1. The number of likely N-dealkylation sites (N-methyl/N-ethyl adjacent to an activating group) is 1. The largest absolute Gasteiger partial charge is 0.338 e. The van der Waals surface area contributed by atoms with Crippen molar-refractivity contribution < 1.29 is 4.79 Å². The van der Waals surface area contributed by atoms with Crippen LogP contribution in [0.2, 0.25) is 0 Å². The maximum absolute atomic E-state index is 12.2. The molecule has 2 unspecified atom stereocenters. The topological polar surface area (TPSA) is 32.3 Å². The number of likely N-dealkylation sites (tertiary alicyclic amines) is 1. The number of piperidine rings is 1. The third kappa shape index (κ3) is 1.44. The molecule has 14 heavy (non-hydrogen) atoms. The normalized spacial score (nSPS) is 31.2. The fourth-order valence-corrected chi connectivity index (χ4v) is 2.64. The average molecular weight is 196 g/mol. The van der Waals surface area contributed by atoms with E-state index in [1.165, 1.54) is 19.3 Å². The number of rotatable bonds is 2. The van der Waals surface area contributed by atoms with Crippen LogP contribution in [0.1, 0.15) is 33.1 Å². The van der Waals surface area contributed by atoms with Crippen molar-refractivity contribution in [2.75, 3.05) is 13.6 Å². The molecule has 0 aromatic carbocycles. The van der Waals surface area contributed by atoms with Crippen molar-refractivity contribution in [3.8, 4) is 0 Å². The Labute approximate surface area is 85.8 Å². The van der Waals surface area contributed by atoms with Crippen LogP contribution in [-0.4, -0.2) is 36.0 Å². The molecule has 2 bridgehead atoms. The van der Waals surface area contributed by atoms with Crippen LogP contribution in [0.3, 0.4) is 0 Å². The lowest BCUT2D eigenvalue weighted by atomic mass is 10.0. The van der Waals surface area contributed by atoms with Crippen LogP contribution in [0.5, 0.6) is 0 Å². The molecule has 0 aromatic heterocycles.